The highest BCUT2D eigenvalue weighted by molar-refractivity contribution is 6.20. The van der Waals surface area contributed by atoms with Crippen LogP contribution in [0.15, 0.2) is 40.4 Å². The number of nitrogen functional groups attached to an aromatic ring is 1. The number of nitrogens with one attached hydrogen (secondary N) is 1. The maximum absolute atomic E-state index is 12.9. The molecule has 1 atom stereocenters. The zero-order valence-electron chi connectivity index (χ0n) is 20.0. The number of carbonyl (C=O) groups excluding carboxylic acids is 1. The third-order valence-electron chi connectivity index (χ3n) is 6.13. The number of benzene rings is 1. The second kappa shape index (κ2) is 10.5. The van der Waals surface area contributed by atoms with Crippen LogP contribution in [0.2, 0.25) is 0 Å². The lowest BCUT2D eigenvalue weighted by Crippen LogP contribution is -2.47. The van der Waals surface area contributed by atoms with E-state index < -0.39 is 6.10 Å². The number of ether oxygens (including phenoxy) is 3. The first kappa shape index (κ1) is 24.0. The van der Waals surface area contributed by atoms with Gasteiger partial charge < -0.3 is 25.1 Å². The molecule has 1 saturated heterocycles. The summed E-state index contributed by atoms with van der Waals surface area (Å²) in [4.78, 5) is 30.2. The van der Waals surface area contributed by atoms with Gasteiger partial charge in [0, 0.05) is 37.9 Å². The normalized spacial score (nSPS) is 18.0. The molecule has 5 rings (SSSR count). The van der Waals surface area contributed by atoms with Gasteiger partial charge >= 0.3 is 0 Å². The van der Waals surface area contributed by atoms with Gasteiger partial charge in [0.25, 0.3) is 5.91 Å². The summed E-state index contributed by atoms with van der Waals surface area (Å²) in [6.07, 6.45) is 0.737. The van der Waals surface area contributed by atoms with Crippen LogP contribution in [-0.2, 0) is 4.74 Å². The van der Waals surface area contributed by atoms with Crippen molar-refractivity contribution < 1.29 is 24.1 Å². The Hall–Kier alpha value is -3.74. The van der Waals surface area contributed by atoms with Gasteiger partial charge in [-0.1, -0.05) is 0 Å². The zero-order valence-corrected chi connectivity index (χ0v) is 20.0. The van der Waals surface area contributed by atoms with Gasteiger partial charge in [0.15, 0.2) is 11.5 Å². The summed E-state index contributed by atoms with van der Waals surface area (Å²) < 4.78 is 17.0. The number of nitrogens with two attached hydrogens (primary N) is 1. The fraction of sp³-hybridized carbons (Fsp3) is 0.417. The number of aromatic nitrogens is 1. The largest absolute Gasteiger partial charge is 0.491 e. The van der Waals surface area contributed by atoms with E-state index in [0.29, 0.717) is 73.2 Å². The number of rotatable bonds is 7. The lowest BCUT2D eigenvalue weighted by molar-refractivity contribution is 0.00446. The van der Waals surface area contributed by atoms with Crippen LogP contribution in [0.3, 0.4) is 0 Å². The van der Waals surface area contributed by atoms with Gasteiger partial charge in [-0.3, -0.25) is 24.9 Å². The molecule has 1 amide bonds. The number of carbonyl (C=O) groups is 1. The molecule has 0 aliphatic carbocycles. The van der Waals surface area contributed by atoms with Crippen LogP contribution in [-0.4, -0.2) is 103 Å². The summed E-state index contributed by atoms with van der Waals surface area (Å²) >= 11 is 0. The van der Waals surface area contributed by atoms with Gasteiger partial charge in [-0.25, -0.2) is 9.98 Å². The molecular weight excluding hydrogens is 466 g/mol. The van der Waals surface area contributed by atoms with Crippen molar-refractivity contribution in [3.63, 3.8) is 0 Å². The number of pyridine rings is 1. The van der Waals surface area contributed by atoms with Crippen LogP contribution in [0, 0.1) is 0 Å². The van der Waals surface area contributed by atoms with Crippen molar-refractivity contribution >= 4 is 29.2 Å². The first-order valence-electron chi connectivity index (χ1n) is 11.8. The first-order chi connectivity index (χ1) is 17.5. The minimum absolute atomic E-state index is 0.0943. The molecule has 4 heterocycles. The Bertz CT molecular complexity index is 1180. The topological polar surface area (TPSA) is 147 Å². The molecule has 0 bridgehead atoms. The molecule has 1 aromatic carbocycles. The van der Waals surface area contributed by atoms with Gasteiger partial charge in [-0.2, -0.15) is 0 Å². The van der Waals surface area contributed by atoms with E-state index in [1.165, 1.54) is 13.3 Å². The number of β-amino-alcohol motifs (C(OH)–C–C–N with tert-alkyl or cyclic N) is 1. The monoisotopic (exact) mass is 495 g/mol. The number of morpholine rings is 1. The minimum atomic E-state index is -0.676. The third kappa shape index (κ3) is 4.96. The number of anilines is 1. The molecule has 1 fully saturated rings. The van der Waals surface area contributed by atoms with Crippen molar-refractivity contribution in [3.8, 4) is 11.5 Å². The van der Waals surface area contributed by atoms with E-state index >= 15 is 0 Å². The Morgan fingerprint density at radius 2 is 2.08 bits per heavy atom. The van der Waals surface area contributed by atoms with Crippen molar-refractivity contribution in [1.82, 2.24) is 20.1 Å². The van der Waals surface area contributed by atoms with Crippen LogP contribution in [0.4, 0.5) is 11.5 Å². The van der Waals surface area contributed by atoms with Gasteiger partial charge in [-0.15, -0.1) is 0 Å². The van der Waals surface area contributed by atoms with E-state index in [4.69, 9.17) is 24.9 Å². The second-order valence-corrected chi connectivity index (χ2v) is 8.59. The Labute approximate surface area is 208 Å². The number of amides is 1. The summed E-state index contributed by atoms with van der Waals surface area (Å²) in [5.74, 6) is 1.85. The van der Waals surface area contributed by atoms with E-state index in [1.54, 1.807) is 18.2 Å². The quantitative estimate of drug-likeness (QED) is 0.491. The number of hydrogen-bond donors (Lipinski definition) is 3. The van der Waals surface area contributed by atoms with Crippen molar-refractivity contribution in [3.05, 3.63) is 41.6 Å². The van der Waals surface area contributed by atoms with E-state index in [0.717, 1.165) is 18.7 Å². The summed E-state index contributed by atoms with van der Waals surface area (Å²) in [6.45, 7) is 4.65. The van der Waals surface area contributed by atoms with Crippen molar-refractivity contribution in [2.24, 2.45) is 9.98 Å². The number of hydrogen-bond acceptors (Lipinski definition) is 11. The number of guanidine groups is 1. The predicted octanol–water partition coefficient (Wildman–Crippen LogP) is 0.238. The predicted molar refractivity (Wildman–Crippen MR) is 133 cm³/mol. The van der Waals surface area contributed by atoms with Gasteiger partial charge in [0.2, 0.25) is 5.96 Å². The molecule has 12 heteroatoms. The maximum Gasteiger partial charge on any atom is 0.259 e. The number of fused-ring (bicyclic) bond motifs is 3. The standard InChI is InChI=1S/C24H29N7O5/c1-34-21-18(36-14-16(32)13-30-8-10-35-11-9-30)4-3-17-20(21)28-24(31-7-6-26-22(17)31)29-23(33)15-2-5-19(25)27-12-15/h2-5,12,16,32H,6-11,13-14H2,1H3,(H2,25,27)(H,28,29,33)/t16-/m1/s1. The Balaban J connectivity index is 1.37. The highest BCUT2D eigenvalue weighted by Gasteiger charge is 2.33. The highest BCUT2D eigenvalue weighted by Crippen LogP contribution is 2.43. The van der Waals surface area contributed by atoms with Crippen molar-refractivity contribution in [2.75, 3.05) is 65.4 Å². The van der Waals surface area contributed by atoms with Crippen LogP contribution in [0.1, 0.15) is 15.9 Å². The van der Waals surface area contributed by atoms with Gasteiger partial charge in [0.05, 0.1) is 32.4 Å². The van der Waals surface area contributed by atoms with E-state index in [1.807, 2.05) is 11.0 Å². The highest BCUT2D eigenvalue weighted by atomic mass is 16.5. The summed E-state index contributed by atoms with van der Waals surface area (Å²) in [5, 5.41) is 13.3. The van der Waals surface area contributed by atoms with Crippen LogP contribution in [0.25, 0.3) is 0 Å². The zero-order chi connectivity index (χ0) is 25.1. The molecule has 36 heavy (non-hydrogen) atoms. The molecule has 3 aliphatic rings. The lowest BCUT2D eigenvalue weighted by atomic mass is 10.1. The Kier molecular flexibility index (Phi) is 6.98. The molecule has 2 aromatic rings. The third-order valence-corrected chi connectivity index (χ3v) is 6.13. The molecule has 0 saturated carbocycles. The second-order valence-electron chi connectivity index (χ2n) is 8.59. The minimum Gasteiger partial charge on any atom is -0.491 e. The average Bonchev–Trinajstić information content (AvgIpc) is 3.39. The van der Waals surface area contributed by atoms with Gasteiger partial charge in [0.1, 0.15) is 30.1 Å². The van der Waals surface area contributed by atoms with Gasteiger partial charge in [-0.05, 0) is 24.3 Å². The van der Waals surface area contributed by atoms with Crippen LogP contribution < -0.4 is 20.5 Å². The molecule has 190 valence electrons. The number of aliphatic hydroxyl groups is 1. The smallest absolute Gasteiger partial charge is 0.259 e. The van der Waals surface area contributed by atoms with Crippen molar-refractivity contribution in [2.45, 2.75) is 6.10 Å². The lowest BCUT2D eigenvalue weighted by Gasteiger charge is -2.29. The molecular formula is C24H29N7O5. The van der Waals surface area contributed by atoms with E-state index in [9.17, 15) is 9.90 Å². The first-order valence-corrected chi connectivity index (χ1v) is 11.8. The number of nitrogens with zero attached hydrogens (tertiary/aromatic N) is 5. The summed E-state index contributed by atoms with van der Waals surface area (Å²) in [5.41, 5.74) is 7.26. The summed E-state index contributed by atoms with van der Waals surface area (Å²) in [7, 11) is 1.53. The number of aliphatic hydroxyl groups excluding tert-OH is 1. The molecule has 0 spiro atoms. The maximum atomic E-state index is 12.9. The van der Waals surface area contributed by atoms with Crippen LogP contribution >= 0.6 is 0 Å². The summed E-state index contributed by atoms with van der Waals surface area (Å²) in [6, 6.07) is 6.82. The molecule has 4 N–H and O–H groups in total. The molecule has 12 nitrogen and oxygen atoms in total. The van der Waals surface area contributed by atoms with Crippen LogP contribution in [0.5, 0.6) is 11.5 Å². The number of amidine groups is 1. The van der Waals surface area contributed by atoms with E-state index in [2.05, 4.69) is 20.2 Å². The Morgan fingerprint density at radius 3 is 2.83 bits per heavy atom. The Morgan fingerprint density at radius 1 is 1.25 bits per heavy atom. The molecule has 0 radical (unpaired) electrons. The number of methoxy groups -OCH3 is 1. The molecule has 0 unspecified atom stereocenters. The van der Waals surface area contributed by atoms with E-state index in [-0.39, 0.29) is 12.5 Å². The fourth-order valence-electron chi connectivity index (χ4n) is 4.33. The SMILES string of the molecule is COc1c(OC[C@H](O)CN2CCOCC2)ccc2c1N=C(NC(=O)c1ccc(N)nc1)N1CCN=C21. The molecule has 1 aromatic heterocycles. The van der Waals surface area contributed by atoms with Crippen molar-refractivity contribution in [1.29, 1.82) is 0 Å². The molecule has 3 aliphatic heterocycles. The average molecular weight is 496 g/mol. The number of aliphatic imine (C=N–C) groups is 2. The fourth-order valence-corrected chi connectivity index (χ4v) is 4.33.